The molecule has 0 aromatic rings. The third-order valence-electron chi connectivity index (χ3n) is 1.60. The van der Waals surface area contributed by atoms with Crippen LogP contribution in [-0.4, -0.2) is 50.5 Å². The molecule has 1 N–H and O–H groups in total. The fraction of sp³-hybridized carbons (Fsp3) is 0.750. The van der Waals surface area contributed by atoms with Crippen LogP contribution in [0.4, 0.5) is 18.0 Å². The van der Waals surface area contributed by atoms with Gasteiger partial charge >= 0.3 is 12.3 Å². The minimum Gasteiger partial charge on any atom is -0.440 e. The largest absolute Gasteiger partial charge is 0.440 e. The van der Waals surface area contributed by atoms with Gasteiger partial charge in [-0.1, -0.05) is 0 Å². The van der Waals surface area contributed by atoms with Crippen molar-refractivity contribution in [2.75, 3.05) is 27.3 Å². The molecule has 0 atom stereocenters. The molecular formula is C8H13F3N2O4. The lowest BCUT2D eigenvalue weighted by atomic mass is 10.4. The van der Waals surface area contributed by atoms with Crippen LogP contribution in [0.25, 0.3) is 0 Å². The van der Waals surface area contributed by atoms with E-state index in [-0.39, 0.29) is 13.0 Å². The number of carbonyl (C=O) groups excluding carboxylic acids is 2. The van der Waals surface area contributed by atoms with Gasteiger partial charge in [0.05, 0.1) is 7.11 Å². The van der Waals surface area contributed by atoms with E-state index in [9.17, 15) is 22.8 Å². The standard InChI is InChI=1S/C8H13F3N2O4/c1-13(16-2)6(14)3-4-12-7(15)17-5-8(9,10)11/h3-5H2,1-2H3,(H,12,15). The number of ether oxygens (including phenoxy) is 1. The average molecular weight is 258 g/mol. The maximum absolute atomic E-state index is 11.6. The Morgan fingerprint density at radius 3 is 2.41 bits per heavy atom. The van der Waals surface area contributed by atoms with Gasteiger partial charge in [-0.05, 0) is 0 Å². The summed E-state index contributed by atoms with van der Waals surface area (Å²) in [5.41, 5.74) is 0. The second-order valence-electron chi connectivity index (χ2n) is 2.94. The van der Waals surface area contributed by atoms with Crippen molar-refractivity contribution < 1.29 is 32.3 Å². The predicted octanol–water partition coefficient (Wildman–Crippen LogP) is 0.685. The number of hydroxylamine groups is 2. The van der Waals surface area contributed by atoms with Crippen LogP contribution < -0.4 is 5.32 Å². The third kappa shape index (κ3) is 8.31. The Balaban J connectivity index is 3.69. The van der Waals surface area contributed by atoms with Crippen molar-refractivity contribution in [3.8, 4) is 0 Å². The Bertz CT molecular complexity index is 270. The first-order valence-electron chi connectivity index (χ1n) is 4.54. The number of alkyl carbamates (subject to hydrolysis) is 1. The maximum atomic E-state index is 11.6. The molecule has 0 rings (SSSR count). The Hall–Kier alpha value is -1.51. The number of halogens is 3. The number of amides is 2. The topological polar surface area (TPSA) is 67.9 Å². The van der Waals surface area contributed by atoms with Crippen LogP contribution in [0.5, 0.6) is 0 Å². The van der Waals surface area contributed by atoms with Crippen molar-refractivity contribution in [1.82, 2.24) is 10.4 Å². The highest BCUT2D eigenvalue weighted by atomic mass is 19.4. The van der Waals surface area contributed by atoms with Gasteiger partial charge in [0, 0.05) is 20.0 Å². The molecule has 0 radical (unpaired) electrons. The first-order valence-corrected chi connectivity index (χ1v) is 4.54. The zero-order chi connectivity index (χ0) is 13.5. The monoisotopic (exact) mass is 258 g/mol. The molecule has 6 nitrogen and oxygen atoms in total. The van der Waals surface area contributed by atoms with E-state index < -0.39 is 24.8 Å². The Kier molecular flexibility index (Phi) is 6.33. The summed E-state index contributed by atoms with van der Waals surface area (Å²) < 4.78 is 38.8. The van der Waals surface area contributed by atoms with Crippen LogP contribution in [0, 0.1) is 0 Å². The first kappa shape index (κ1) is 15.5. The summed E-state index contributed by atoms with van der Waals surface area (Å²) in [7, 11) is 2.65. The lowest BCUT2D eigenvalue weighted by Crippen LogP contribution is -2.33. The summed E-state index contributed by atoms with van der Waals surface area (Å²) in [6.07, 6.45) is -5.90. The van der Waals surface area contributed by atoms with Crippen LogP contribution in [0.2, 0.25) is 0 Å². The van der Waals surface area contributed by atoms with Gasteiger partial charge in [0.2, 0.25) is 5.91 Å². The molecular weight excluding hydrogens is 245 g/mol. The highest BCUT2D eigenvalue weighted by Gasteiger charge is 2.29. The molecule has 0 spiro atoms. The van der Waals surface area contributed by atoms with Gasteiger partial charge in [-0.25, -0.2) is 9.86 Å². The molecule has 0 unspecified atom stereocenters. The van der Waals surface area contributed by atoms with Gasteiger partial charge in [0.15, 0.2) is 6.61 Å². The van der Waals surface area contributed by atoms with Gasteiger partial charge in [0.1, 0.15) is 0 Å². The number of hydrogen-bond donors (Lipinski definition) is 1. The maximum Gasteiger partial charge on any atom is 0.422 e. The third-order valence-corrected chi connectivity index (χ3v) is 1.60. The van der Waals surface area contributed by atoms with Gasteiger partial charge in [-0.15, -0.1) is 0 Å². The molecule has 0 saturated carbocycles. The molecule has 0 aliphatic rings. The normalized spacial score (nSPS) is 10.9. The van der Waals surface area contributed by atoms with E-state index in [1.54, 1.807) is 0 Å². The number of rotatable bonds is 5. The smallest absolute Gasteiger partial charge is 0.422 e. The number of nitrogens with one attached hydrogen (secondary N) is 1. The first-order chi connectivity index (χ1) is 7.76. The highest BCUT2D eigenvalue weighted by molar-refractivity contribution is 5.75. The zero-order valence-corrected chi connectivity index (χ0v) is 9.34. The van der Waals surface area contributed by atoms with E-state index in [4.69, 9.17) is 0 Å². The molecule has 0 aliphatic heterocycles. The minimum absolute atomic E-state index is 0.106. The summed E-state index contributed by atoms with van der Waals surface area (Å²) in [5.74, 6) is -0.427. The molecule has 0 aliphatic carbocycles. The summed E-state index contributed by atoms with van der Waals surface area (Å²) >= 11 is 0. The molecule has 9 heteroatoms. The lowest BCUT2D eigenvalue weighted by molar-refractivity contribution is -0.168. The van der Waals surface area contributed by atoms with Crippen molar-refractivity contribution in [3.05, 3.63) is 0 Å². The van der Waals surface area contributed by atoms with Crippen molar-refractivity contribution in [2.45, 2.75) is 12.6 Å². The zero-order valence-electron chi connectivity index (χ0n) is 9.34. The van der Waals surface area contributed by atoms with E-state index >= 15 is 0 Å². The number of hydrogen-bond acceptors (Lipinski definition) is 4. The SMILES string of the molecule is CON(C)C(=O)CCNC(=O)OCC(F)(F)F. The molecule has 0 fully saturated rings. The van der Waals surface area contributed by atoms with Gasteiger partial charge in [0.25, 0.3) is 0 Å². The van der Waals surface area contributed by atoms with E-state index in [1.807, 2.05) is 5.32 Å². The molecule has 0 saturated heterocycles. The van der Waals surface area contributed by atoms with Crippen LogP contribution in [0.3, 0.4) is 0 Å². The van der Waals surface area contributed by atoms with Crippen molar-refractivity contribution >= 4 is 12.0 Å². The van der Waals surface area contributed by atoms with E-state index in [0.717, 1.165) is 5.06 Å². The predicted molar refractivity (Wildman–Crippen MR) is 49.8 cm³/mol. The van der Waals surface area contributed by atoms with Crippen molar-refractivity contribution in [2.24, 2.45) is 0 Å². The summed E-state index contributed by atoms with van der Waals surface area (Å²) in [6, 6.07) is 0. The van der Waals surface area contributed by atoms with E-state index in [1.165, 1.54) is 14.2 Å². The lowest BCUT2D eigenvalue weighted by Gasteiger charge is -2.13. The number of alkyl halides is 3. The van der Waals surface area contributed by atoms with Crippen LogP contribution >= 0.6 is 0 Å². The second-order valence-corrected chi connectivity index (χ2v) is 2.94. The summed E-state index contributed by atoms with van der Waals surface area (Å²) in [5, 5.41) is 2.93. The molecule has 2 amide bonds. The van der Waals surface area contributed by atoms with Crippen LogP contribution in [0.1, 0.15) is 6.42 Å². The number of carbonyl (C=O) groups is 2. The number of nitrogens with zero attached hydrogens (tertiary/aromatic N) is 1. The Labute approximate surface area is 95.6 Å². The summed E-state index contributed by atoms with van der Waals surface area (Å²) in [4.78, 5) is 26.4. The van der Waals surface area contributed by atoms with Gasteiger partial charge in [-0.3, -0.25) is 9.63 Å². The molecule has 0 aromatic carbocycles. The quantitative estimate of drug-likeness (QED) is 0.736. The van der Waals surface area contributed by atoms with Crippen LogP contribution in [-0.2, 0) is 14.4 Å². The molecule has 0 heterocycles. The highest BCUT2D eigenvalue weighted by Crippen LogP contribution is 2.14. The molecule has 17 heavy (non-hydrogen) atoms. The Morgan fingerprint density at radius 1 is 1.35 bits per heavy atom. The molecule has 0 bridgehead atoms. The average Bonchev–Trinajstić information content (AvgIpc) is 2.24. The van der Waals surface area contributed by atoms with E-state index in [0.29, 0.717) is 0 Å². The van der Waals surface area contributed by atoms with Gasteiger partial charge in [-0.2, -0.15) is 13.2 Å². The fourth-order valence-electron chi connectivity index (χ4n) is 0.729. The molecule has 100 valence electrons. The Morgan fingerprint density at radius 2 is 1.94 bits per heavy atom. The second kappa shape index (κ2) is 6.94. The van der Waals surface area contributed by atoms with E-state index in [2.05, 4.69) is 9.57 Å². The minimum atomic E-state index is -4.57. The fourth-order valence-corrected chi connectivity index (χ4v) is 0.729. The summed E-state index contributed by atoms with van der Waals surface area (Å²) in [6.45, 7) is -1.80. The van der Waals surface area contributed by atoms with Crippen molar-refractivity contribution in [1.29, 1.82) is 0 Å². The molecule has 0 aromatic heterocycles. The van der Waals surface area contributed by atoms with Gasteiger partial charge < -0.3 is 10.1 Å². The van der Waals surface area contributed by atoms with Crippen molar-refractivity contribution in [3.63, 3.8) is 0 Å². The van der Waals surface area contributed by atoms with Crippen LogP contribution in [0.15, 0.2) is 0 Å².